The zero-order valence-electron chi connectivity index (χ0n) is 13.3. The van der Waals surface area contributed by atoms with Crippen LogP contribution in [0.1, 0.15) is 25.6 Å². The van der Waals surface area contributed by atoms with E-state index in [1.807, 2.05) is 0 Å². The molecule has 2 heterocycles. The molecule has 7 nitrogen and oxygen atoms in total. The third-order valence-corrected chi connectivity index (χ3v) is 5.06. The van der Waals surface area contributed by atoms with Gasteiger partial charge in [0, 0.05) is 17.6 Å². The average molecular weight is 377 g/mol. The van der Waals surface area contributed by atoms with Gasteiger partial charge in [0.15, 0.2) is 0 Å². The van der Waals surface area contributed by atoms with Crippen LogP contribution in [-0.2, 0) is 7.05 Å². The van der Waals surface area contributed by atoms with Crippen molar-refractivity contribution >= 4 is 45.0 Å². The second-order valence-electron chi connectivity index (χ2n) is 5.31. The number of halogens is 1. The number of hydrogen-bond donors (Lipinski definition) is 2. The van der Waals surface area contributed by atoms with Crippen LogP contribution in [0.25, 0.3) is 10.2 Å². The molecule has 128 valence electrons. The lowest BCUT2D eigenvalue weighted by atomic mass is 10.2. The fraction of sp³-hybridized carbons (Fsp3) is 0.125. The summed E-state index contributed by atoms with van der Waals surface area (Å²) in [4.78, 5) is 41.5. The van der Waals surface area contributed by atoms with E-state index < -0.39 is 11.8 Å². The summed E-state index contributed by atoms with van der Waals surface area (Å²) < 4.78 is 1.35. The zero-order valence-corrected chi connectivity index (χ0v) is 14.9. The number of benzene rings is 1. The molecule has 2 aromatic heterocycles. The largest absolute Gasteiger partial charge is 0.302 e. The third-order valence-electron chi connectivity index (χ3n) is 3.61. The minimum absolute atomic E-state index is 0.219. The van der Waals surface area contributed by atoms with Crippen molar-refractivity contribution in [3.05, 3.63) is 62.0 Å². The Hall–Kier alpha value is -2.71. The lowest BCUT2D eigenvalue weighted by Gasteiger charge is -2.07. The molecule has 9 heteroatoms. The number of amides is 2. The molecule has 0 saturated carbocycles. The highest BCUT2D eigenvalue weighted by molar-refractivity contribution is 7.20. The van der Waals surface area contributed by atoms with Gasteiger partial charge in [0.05, 0.1) is 16.6 Å². The highest BCUT2D eigenvalue weighted by atomic mass is 35.5. The van der Waals surface area contributed by atoms with E-state index in [1.54, 1.807) is 38.2 Å². The normalized spacial score (nSPS) is 10.7. The van der Waals surface area contributed by atoms with Gasteiger partial charge in [0.1, 0.15) is 4.83 Å². The van der Waals surface area contributed by atoms with Gasteiger partial charge in [-0.1, -0.05) is 11.6 Å². The van der Waals surface area contributed by atoms with Gasteiger partial charge in [-0.3, -0.25) is 25.2 Å². The van der Waals surface area contributed by atoms with E-state index in [9.17, 15) is 14.4 Å². The Kier molecular flexibility index (Phi) is 4.56. The van der Waals surface area contributed by atoms with Crippen LogP contribution < -0.4 is 16.4 Å². The molecule has 0 unspecified atom stereocenters. The minimum Gasteiger partial charge on any atom is -0.302 e. The Morgan fingerprint density at radius 2 is 1.80 bits per heavy atom. The number of rotatable bonds is 2. The molecule has 2 amide bonds. The van der Waals surface area contributed by atoms with Gasteiger partial charge in [0.2, 0.25) is 0 Å². The van der Waals surface area contributed by atoms with Gasteiger partial charge in [-0.15, -0.1) is 11.3 Å². The summed E-state index contributed by atoms with van der Waals surface area (Å²) >= 11 is 6.87. The summed E-state index contributed by atoms with van der Waals surface area (Å²) in [5.74, 6) is -0.984. The van der Waals surface area contributed by atoms with Crippen molar-refractivity contribution in [2.75, 3.05) is 0 Å². The minimum atomic E-state index is -0.509. The Bertz CT molecular complexity index is 1040. The number of thiophene rings is 1. The maximum atomic E-state index is 12.3. The van der Waals surface area contributed by atoms with Crippen molar-refractivity contribution in [2.45, 2.75) is 6.92 Å². The first kappa shape index (κ1) is 17.1. The highest BCUT2D eigenvalue weighted by Gasteiger charge is 2.19. The number of nitrogens with zero attached hydrogens (tertiary/aromatic N) is 2. The van der Waals surface area contributed by atoms with Crippen molar-refractivity contribution < 1.29 is 9.59 Å². The fourth-order valence-electron chi connectivity index (χ4n) is 2.27. The molecule has 2 N–H and O–H groups in total. The van der Waals surface area contributed by atoms with Gasteiger partial charge in [0.25, 0.3) is 17.4 Å². The van der Waals surface area contributed by atoms with Gasteiger partial charge >= 0.3 is 0 Å². The molecular weight excluding hydrogens is 364 g/mol. The second kappa shape index (κ2) is 6.66. The van der Waals surface area contributed by atoms with Crippen molar-refractivity contribution in [1.82, 2.24) is 20.4 Å². The number of hydrazine groups is 1. The first-order valence-electron chi connectivity index (χ1n) is 7.19. The van der Waals surface area contributed by atoms with Crippen molar-refractivity contribution in [1.29, 1.82) is 0 Å². The fourth-order valence-corrected chi connectivity index (χ4v) is 3.43. The number of fused-ring (bicyclic) bond motifs is 1. The van der Waals surface area contributed by atoms with E-state index in [2.05, 4.69) is 15.8 Å². The number of aromatic nitrogens is 2. The van der Waals surface area contributed by atoms with Crippen LogP contribution in [0.5, 0.6) is 0 Å². The number of carbonyl (C=O) groups excluding carboxylic acids is 2. The quantitative estimate of drug-likeness (QED) is 0.669. The van der Waals surface area contributed by atoms with Crippen LogP contribution in [0.15, 0.2) is 35.4 Å². The highest BCUT2D eigenvalue weighted by Crippen LogP contribution is 2.26. The van der Waals surface area contributed by atoms with Crippen molar-refractivity contribution in [3.8, 4) is 0 Å². The molecule has 0 aliphatic heterocycles. The molecule has 0 atom stereocenters. The summed E-state index contributed by atoms with van der Waals surface area (Å²) in [6, 6.07) is 6.25. The zero-order chi connectivity index (χ0) is 18.1. The van der Waals surface area contributed by atoms with Gasteiger partial charge in [-0.05, 0) is 36.8 Å². The summed E-state index contributed by atoms with van der Waals surface area (Å²) in [5.41, 5.74) is 5.36. The van der Waals surface area contributed by atoms with Crippen molar-refractivity contribution in [2.24, 2.45) is 7.05 Å². The van der Waals surface area contributed by atoms with Crippen LogP contribution in [0.4, 0.5) is 0 Å². The lowest BCUT2D eigenvalue weighted by Crippen LogP contribution is -2.41. The maximum Gasteiger partial charge on any atom is 0.280 e. The molecule has 0 aliphatic rings. The topological polar surface area (TPSA) is 93.1 Å². The molecule has 1 aromatic carbocycles. The first-order valence-corrected chi connectivity index (χ1v) is 8.39. The summed E-state index contributed by atoms with van der Waals surface area (Å²) in [6.07, 6.45) is 1.41. The molecule has 0 bridgehead atoms. The van der Waals surface area contributed by atoms with E-state index in [-0.39, 0.29) is 5.56 Å². The first-order chi connectivity index (χ1) is 11.9. The van der Waals surface area contributed by atoms with Gasteiger partial charge < -0.3 is 4.57 Å². The van der Waals surface area contributed by atoms with Crippen LogP contribution in [0, 0.1) is 6.92 Å². The van der Waals surface area contributed by atoms with E-state index in [0.29, 0.717) is 31.2 Å². The van der Waals surface area contributed by atoms with Crippen LogP contribution in [0.2, 0.25) is 5.02 Å². The summed E-state index contributed by atoms with van der Waals surface area (Å²) in [6.45, 7) is 1.68. The van der Waals surface area contributed by atoms with E-state index in [1.165, 1.54) is 10.9 Å². The predicted molar refractivity (Wildman–Crippen MR) is 96.0 cm³/mol. The van der Waals surface area contributed by atoms with E-state index in [4.69, 9.17) is 11.6 Å². The predicted octanol–water partition coefficient (Wildman–Crippen LogP) is 2.03. The van der Waals surface area contributed by atoms with Gasteiger partial charge in [-0.25, -0.2) is 4.98 Å². The van der Waals surface area contributed by atoms with E-state index >= 15 is 0 Å². The molecular formula is C16H13ClN4O3S. The van der Waals surface area contributed by atoms with Crippen LogP contribution >= 0.6 is 22.9 Å². The Morgan fingerprint density at radius 3 is 2.48 bits per heavy atom. The number of hydrogen-bond acceptors (Lipinski definition) is 5. The van der Waals surface area contributed by atoms with Crippen LogP contribution in [0.3, 0.4) is 0 Å². The van der Waals surface area contributed by atoms with Crippen molar-refractivity contribution in [3.63, 3.8) is 0 Å². The van der Waals surface area contributed by atoms with Gasteiger partial charge in [-0.2, -0.15) is 0 Å². The summed E-state index contributed by atoms with van der Waals surface area (Å²) in [7, 11) is 1.60. The molecule has 3 aromatic rings. The second-order valence-corrected chi connectivity index (χ2v) is 6.75. The molecule has 0 aliphatic carbocycles. The third kappa shape index (κ3) is 3.26. The summed E-state index contributed by atoms with van der Waals surface area (Å²) in [5, 5.41) is 0.916. The Balaban J connectivity index is 1.80. The SMILES string of the molecule is Cc1c(C(=O)NNC(=O)c2ccc(Cl)cc2)sc2ncn(C)c(=O)c12. The molecule has 0 radical (unpaired) electrons. The smallest absolute Gasteiger partial charge is 0.280 e. The Labute approximate surface area is 151 Å². The number of aryl methyl sites for hydroxylation is 2. The number of nitrogens with one attached hydrogen (secondary N) is 2. The van der Waals surface area contributed by atoms with E-state index in [0.717, 1.165) is 11.3 Å². The molecule has 0 spiro atoms. The Morgan fingerprint density at radius 1 is 1.16 bits per heavy atom. The monoisotopic (exact) mass is 376 g/mol. The average Bonchev–Trinajstić information content (AvgIpc) is 2.94. The molecule has 0 fully saturated rings. The lowest BCUT2D eigenvalue weighted by molar-refractivity contribution is 0.0848. The number of carbonyl (C=O) groups is 2. The standard InChI is InChI=1S/C16H13ClN4O3S/c1-8-11-15(18-7-21(2)16(11)24)25-12(8)14(23)20-19-13(22)9-3-5-10(17)6-4-9/h3-7H,1-2H3,(H,19,22)(H,20,23). The molecule has 25 heavy (non-hydrogen) atoms. The maximum absolute atomic E-state index is 12.3. The molecule has 0 saturated heterocycles. The van der Waals surface area contributed by atoms with Crippen LogP contribution in [-0.4, -0.2) is 21.4 Å². The molecule has 3 rings (SSSR count).